The summed E-state index contributed by atoms with van der Waals surface area (Å²) < 4.78 is 5.44. The Balaban J connectivity index is 1.71. The molecular formula is C25H32ClN3O2. The number of anilines is 1. The quantitative estimate of drug-likeness (QED) is 0.463. The molecule has 1 amide bonds. The van der Waals surface area contributed by atoms with Gasteiger partial charge in [-0.25, -0.2) is 5.43 Å². The summed E-state index contributed by atoms with van der Waals surface area (Å²) in [6.45, 7) is 13.3. The molecule has 1 heterocycles. The molecule has 0 aromatic heterocycles. The van der Waals surface area contributed by atoms with Crippen molar-refractivity contribution in [3.63, 3.8) is 0 Å². The van der Waals surface area contributed by atoms with Crippen molar-refractivity contribution in [1.82, 2.24) is 5.43 Å². The Morgan fingerprint density at radius 3 is 2.74 bits per heavy atom. The van der Waals surface area contributed by atoms with Crippen LogP contribution in [0.25, 0.3) is 0 Å². The van der Waals surface area contributed by atoms with E-state index in [0.717, 1.165) is 17.5 Å². The molecule has 0 aliphatic carbocycles. The molecular weight excluding hydrogens is 410 g/mol. The van der Waals surface area contributed by atoms with Crippen LogP contribution in [0.3, 0.4) is 0 Å². The highest BCUT2D eigenvalue weighted by atomic mass is 35.5. The number of hydrogen-bond acceptors (Lipinski definition) is 4. The van der Waals surface area contributed by atoms with Gasteiger partial charge in [0.1, 0.15) is 5.75 Å². The number of hydrogen-bond donors (Lipinski definition) is 1. The highest BCUT2D eigenvalue weighted by Gasteiger charge is 2.37. The Labute approximate surface area is 190 Å². The number of amides is 1. The van der Waals surface area contributed by atoms with Gasteiger partial charge in [-0.05, 0) is 87.9 Å². The normalized spacial score (nSPS) is 17.7. The molecule has 2 aromatic carbocycles. The number of hydrazone groups is 1. The summed E-state index contributed by atoms with van der Waals surface area (Å²) in [5, 5.41) is 4.61. The van der Waals surface area contributed by atoms with Crippen LogP contribution < -0.4 is 15.1 Å². The summed E-state index contributed by atoms with van der Waals surface area (Å²) in [6, 6.07) is 11.9. The van der Waals surface area contributed by atoms with E-state index in [4.69, 9.17) is 16.3 Å². The molecule has 166 valence electrons. The topological polar surface area (TPSA) is 53.9 Å². The Morgan fingerprint density at radius 2 is 2.06 bits per heavy atom. The van der Waals surface area contributed by atoms with Gasteiger partial charge < -0.3 is 9.64 Å². The highest BCUT2D eigenvalue weighted by Crippen LogP contribution is 2.45. The minimum absolute atomic E-state index is 0.109. The van der Waals surface area contributed by atoms with Gasteiger partial charge in [-0.2, -0.15) is 5.10 Å². The van der Waals surface area contributed by atoms with Crippen LogP contribution in [0, 0.1) is 6.92 Å². The second kappa shape index (κ2) is 9.31. The molecule has 0 saturated carbocycles. The summed E-state index contributed by atoms with van der Waals surface area (Å²) in [5.74, 6) is 0.583. The zero-order valence-electron chi connectivity index (χ0n) is 19.2. The summed E-state index contributed by atoms with van der Waals surface area (Å²) in [4.78, 5) is 14.6. The molecule has 1 atom stereocenters. The fourth-order valence-electron chi connectivity index (χ4n) is 4.64. The molecule has 0 fully saturated rings. The molecule has 0 radical (unpaired) electrons. The van der Waals surface area contributed by atoms with Crippen LogP contribution in [-0.2, 0) is 4.79 Å². The third kappa shape index (κ3) is 5.21. The summed E-state index contributed by atoms with van der Waals surface area (Å²) in [7, 11) is 0. The van der Waals surface area contributed by atoms with E-state index in [9.17, 15) is 4.79 Å². The van der Waals surface area contributed by atoms with Gasteiger partial charge in [-0.1, -0.05) is 30.7 Å². The number of para-hydroxylation sites is 1. The van der Waals surface area contributed by atoms with Crippen LogP contribution in [0.2, 0.25) is 5.02 Å². The molecule has 0 unspecified atom stereocenters. The third-order valence-electron chi connectivity index (χ3n) is 5.77. The molecule has 5 nitrogen and oxygen atoms in total. The van der Waals surface area contributed by atoms with E-state index < -0.39 is 0 Å². The molecule has 0 bridgehead atoms. The molecule has 6 heteroatoms. The average Bonchev–Trinajstić information content (AvgIpc) is 2.67. The molecule has 1 N–H and O–H groups in total. The fourth-order valence-corrected chi connectivity index (χ4v) is 4.83. The molecule has 2 aromatic rings. The van der Waals surface area contributed by atoms with Crippen molar-refractivity contribution in [3.05, 3.63) is 58.1 Å². The van der Waals surface area contributed by atoms with E-state index in [2.05, 4.69) is 69.1 Å². The van der Waals surface area contributed by atoms with Gasteiger partial charge in [0.25, 0.3) is 5.91 Å². The van der Waals surface area contributed by atoms with Gasteiger partial charge in [0.05, 0.1) is 11.2 Å². The number of ether oxygens (including phenoxy) is 1. The van der Waals surface area contributed by atoms with Crippen molar-refractivity contribution in [1.29, 1.82) is 0 Å². The third-order valence-corrected chi connectivity index (χ3v) is 6.08. The first-order chi connectivity index (χ1) is 14.6. The standard InChI is InChI=1S/C25H32ClN3O2/c1-16(2)29-22-11-17(3)19(12-20(22)18(4)13-25(29,5)6)14-27-28-24(30)15-31-23-10-8-7-9-21(23)26/h7-12,14,16,18H,13,15H2,1-6H3,(H,28,30)/b27-14+/t18-/m1/s1. The number of carbonyl (C=O) groups is 1. The largest absolute Gasteiger partial charge is 0.482 e. The maximum Gasteiger partial charge on any atom is 0.277 e. The van der Waals surface area contributed by atoms with Gasteiger partial charge >= 0.3 is 0 Å². The second-order valence-electron chi connectivity index (χ2n) is 9.16. The number of carbonyl (C=O) groups excluding carboxylic acids is 1. The van der Waals surface area contributed by atoms with Gasteiger partial charge in [-0.15, -0.1) is 0 Å². The average molecular weight is 442 g/mol. The van der Waals surface area contributed by atoms with Crippen LogP contribution in [0.4, 0.5) is 5.69 Å². The summed E-state index contributed by atoms with van der Waals surface area (Å²) in [5.41, 5.74) is 7.39. The maximum atomic E-state index is 12.1. The lowest BCUT2D eigenvalue weighted by Crippen LogP contribution is -2.51. The number of nitrogens with one attached hydrogen (secondary N) is 1. The molecule has 1 aliphatic rings. The number of aryl methyl sites for hydroxylation is 1. The number of rotatable bonds is 6. The van der Waals surface area contributed by atoms with Crippen molar-refractivity contribution in [3.8, 4) is 5.75 Å². The lowest BCUT2D eigenvalue weighted by Gasteiger charge is -2.50. The van der Waals surface area contributed by atoms with E-state index in [0.29, 0.717) is 22.7 Å². The SMILES string of the molecule is Cc1cc2c(cc1/C=N/NC(=O)COc1ccccc1Cl)[C@H](C)CC(C)(C)N2C(C)C. The predicted molar refractivity (Wildman–Crippen MR) is 129 cm³/mol. The maximum absolute atomic E-state index is 12.1. The van der Waals surface area contributed by atoms with Crippen molar-refractivity contribution in [2.45, 2.75) is 65.5 Å². The zero-order chi connectivity index (χ0) is 22.8. The first-order valence-corrected chi connectivity index (χ1v) is 11.1. The Kier molecular flexibility index (Phi) is 6.95. The van der Waals surface area contributed by atoms with E-state index in [-0.39, 0.29) is 18.1 Å². The van der Waals surface area contributed by atoms with Crippen LogP contribution >= 0.6 is 11.6 Å². The van der Waals surface area contributed by atoms with Crippen LogP contribution in [0.15, 0.2) is 41.5 Å². The zero-order valence-corrected chi connectivity index (χ0v) is 20.0. The minimum Gasteiger partial charge on any atom is -0.482 e. The van der Waals surface area contributed by atoms with Crippen molar-refractivity contribution >= 4 is 29.4 Å². The van der Waals surface area contributed by atoms with Crippen molar-refractivity contribution < 1.29 is 9.53 Å². The molecule has 3 rings (SSSR count). The van der Waals surface area contributed by atoms with Crippen molar-refractivity contribution in [2.24, 2.45) is 5.10 Å². The fraction of sp³-hybridized carbons (Fsp3) is 0.440. The smallest absolute Gasteiger partial charge is 0.277 e. The van der Waals surface area contributed by atoms with E-state index >= 15 is 0 Å². The van der Waals surface area contributed by atoms with Gasteiger partial charge in [0, 0.05) is 17.3 Å². The number of benzene rings is 2. The number of nitrogens with zero attached hydrogens (tertiary/aromatic N) is 2. The predicted octanol–water partition coefficient (Wildman–Crippen LogP) is 5.68. The van der Waals surface area contributed by atoms with E-state index in [1.165, 1.54) is 11.3 Å². The molecule has 0 saturated heterocycles. The Bertz CT molecular complexity index is 985. The first-order valence-electron chi connectivity index (χ1n) is 10.7. The second-order valence-corrected chi connectivity index (χ2v) is 9.57. The van der Waals surface area contributed by atoms with E-state index in [1.807, 2.05) is 6.07 Å². The van der Waals surface area contributed by atoms with Crippen molar-refractivity contribution in [2.75, 3.05) is 11.5 Å². The Morgan fingerprint density at radius 1 is 1.35 bits per heavy atom. The molecule has 1 aliphatic heterocycles. The van der Waals surface area contributed by atoms with Crippen LogP contribution in [0.5, 0.6) is 5.75 Å². The van der Waals surface area contributed by atoms with Gasteiger partial charge in [0.2, 0.25) is 0 Å². The lowest BCUT2D eigenvalue weighted by molar-refractivity contribution is -0.123. The summed E-state index contributed by atoms with van der Waals surface area (Å²) >= 11 is 6.04. The Hall–Kier alpha value is -2.53. The van der Waals surface area contributed by atoms with Gasteiger partial charge in [0.15, 0.2) is 6.61 Å². The highest BCUT2D eigenvalue weighted by molar-refractivity contribution is 6.32. The minimum atomic E-state index is -0.340. The van der Waals surface area contributed by atoms with Gasteiger partial charge in [-0.3, -0.25) is 4.79 Å². The number of halogens is 1. The van der Waals surface area contributed by atoms with Crippen LogP contribution in [0.1, 0.15) is 63.6 Å². The molecule has 31 heavy (non-hydrogen) atoms. The van der Waals surface area contributed by atoms with E-state index in [1.54, 1.807) is 24.4 Å². The summed E-state index contributed by atoms with van der Waals surface area (Å²) in [6.07, 6.45) is 2.79. The monoisotopic (exact) mass is 441 g/mol. The molecule has 0 spiro atoms. The lowest BCUT2D eigenvalue weighted by atomic mass is 9.78. The number of fused-ring (bicyclic) bond motifs is 1. The first kappa shape index (κ1) is 23.1. The van der Waals surface area contributed by atoms with Crippen LogP contribution in [-0.4, -0.2) is 30.3 Å².